The Kier molecular flexibility index (Phi) is 5.12. The van der Waals surface area contributed by atoms with Gasteiger partial charge in [0.05, 0.1) is 11.4 Å². The van der Waals surface area contributed by atoms with Gasteiger partial charge < -0.3 is 9.80 Å². The highest BCUT2D eigenvalue weighted by Crippen LogP contribution is 2.28. The van der Waals surface area contributed by atoms with E-state index in [0.717, 1.165) is 41.8 Å². The molecule has 0 aliphatic carbocycles. The topological polar surface area (TPSA) is 36.4 Å². The van der Waals surface area contributed by atoms with E-state index in [1.54, 1.807) is 23.1 Å². The Balaban J connectivity index is 1.54. The minimum absolute atomic E-state index is 0.217. The van der Waals surface area contributed by atoms with Crippen molar-refractivity contribution in [3.63, 3.8) is 0 Å². The van der Waals surface area contributed by atoms with E-state index in [-0.39, 0.29) is 5.91 Å². The second kappa shape index (κ2) is 7.26. The lowest BCUT2D eigenvalue weighted by molar-refractivity contribution is -0.129. The lowest BCUT2D eigenvalue weighted by atomic mass is 10.2. The summed E-state index contributed by atoms with van der Waals surface area (Å²) in [5.41, 5.74) is 2.11. The van der Waals surface area contributed by atoms with Crippen LogP contribution in [0.5, 0.6) is 0 Å². The van der Waals surface area contributed by atoms with E-state index >= 15 is 0 Å². The zero-order chi connectivity index (χ0) is 15.4. The van der Waals surface area contributed by atoms with Gasteiger partial charge in [0, 0.05) is 37.1 Å². The fourth-order valence-corrected chi connectivity index (χ4v) is 4.07. The number of thiazole rings is 1. The van der Waals surface area contributed by atoms with Gasteiger partial charge in [-0.25, -0.2) is 4.98 Å². The zero-order valence-corrected chi connectivity index (χ0v) is 14.2. The van der Waals surface area contributed by atoms with Crippen LogP contribution in [0.25, 0.3) is 11.3 Å². The van der Waals surface area contributed by atoms with E-state index in [0.29, 0.717) is 5.75 Å². The first-order valence-corrected chi connectivity index (χ1v) is 9.19. The van der Waals surface area contributed by atoms with Crippen molar-refractivity contribution < 1.29 is 4.79 Å². The summed E-state index contributed by atoms with van der Waals surface area (Å²) in [6.07, 6.45) is 0. The molecule has 1 amide bonds. The monoisotopic (exact) mass is 333 g/mol. The van der Waals surface area contributed by atoms with Gasteiger partial charge in [-0.1, -0.05) is 42.1 Å². The van der Waals surface area contributed by atoms with Crippen LogP contribution in [0.2, 0.25) is 0 Å². The number of hydrogen-bond acceptors (Lipinski definition) is 5. The molecule has 0 atom stereocenters. The van der Waals surface area contributed by atoms with Crippen molar-refractivity contribution in [1.29, 1.82) is 0 Å². The van der Waals surface area contributed by atoms with Crippen LogP contribution in [-0.2, 0) is 4.79 Å². The van der Waals surface area contributed by atoms with Crippen LogP contribution >= 0.6 is 23.1 Å². The van der Waals surface area contributed by atoms with Gasteiger partial charge in [-0.2, -0.15) is 0 Å². The highest BCUT2D eigenvalue weighted by Gasteiger charge is 2.19. The maximum absolute atomic E-state index is 12.2. The molecule has 2 aromatic rings. The smallest absolute Gasteiger partial charge is 0.233 e. The Labute approximate surface area is 139 Å². The third-order valence-electron chi connectivity index (χ3n) is 3.73. The number of benzene rings is 1. The van der Waals surface area contributed by atoms with Crippen molar-refractivity contribution in [2.45, 2.75) is 4.34 Å². The molecule has 0 saturated carbocycles. The SMILES string of the molecule is CN1CCN(C(=O)CSc2nc(-c3ccccc3)cs2)CC1. The standard InChI is InChI=1S/C16H19N3OS2/c1-18-7-9-19(10-8-18)15(20)12-22-16-17-14(11-21-16)13-5-3-2-4-6-13/h2-6,11H,7-10,12H2,1H3. The molecule has 0 radical (unpaired) electrons. The van der Waals surface area contributed by atoms with Gasteiger partial charge in [0.15, 0.2) is 4.34 Å². The molecule has 0 spiro atoms. The normalized spacial score (nSPS) is 16.0. The number of amides is 1. The number of hydrogen-bond donors (Lipinski definition) is 0. The first-order valence-electron chi connectivity index (χ1n) is 7.32. The fraction of sp³-hybridized carbons (Fsp3) is 0.375. The molecule has 22 heavy (non-hydrogen) atoms. The lowest BCUT2D eigenvalue weighted by Crippen LogP contribution is -2.47. The molecule has 0 unspecified atom stereocenters. The van der Waals surface area contributed by atoms with Crippen LogP contribution in [0.1, 0.15) is 0 Å². The summed E-state index contributed by atoms with van der Waals surface area (Å²) in [5, 5.41) is 2.05. The van der Waals surface area contributed by atoms with E-state index in [2.05, 4.69) is 34.4 Å². The van der Waals surface area contributed by atoms with Crippen molar-refractivity contribution in [1.82, 2.24) is 14.8 Å². The Bertz CT molecular complexity index is 621. The van der Waals surface area contributed by atoms with Crippen LogP contribution in [0, 0.1) is 0 Å². The molecule has 1 aromatic carbocycles. The zero-order valence-electron chi connectivity index (χ0n) is 12.6. The molecule has 6 heteroatoms. The molecule has 2 heterocycles. The minimum atomic E-state index is 0.217. The second-order valence-electron chi connectivity index (χ2n) is 5.34. The molecule has 1 saturated heterocycles. The Morgan fingerprint density at radius 1 is 1.23 bits per heavy atom. The molecule has 1 fully saturated rings. The van der Waals surface area contributed by atoms with Crippen molar-refractivity contribution >= 4 is 29.0 Å². The highest BCUT2D eigenvalue weighted by molar-refractivity contribution is 8.01. The molecule has 0 bridgehead atoms. The predicted octanol–water partition coefficient (Wildman–Crippen LogP) is 2.68. The average Bonchev–Trinajstić information content (AvgIpc) is 3.03. The lowest BCUT2D eigenvalue weighted by Gasteiger charge is -2.32. The van der Waals surface area contributed by atoms with Crippen molar-refractivity contribution in [3.8, 4) is 11.3 Å². The first kappa shape index (κ1) is 15.5. The predicted molar refractivity (Wildman–Crippen MR) is 92.4 cm³/mol. The highest BCUT2D eigenvalue weighted by atomic mass is 32.2. The number of carbonyl (C=O) groups is 1. The van der Waals surface area contributed by atoms with Crippen LogP contribution < -0.4 is 0 Å². The number of rotatable bonds is 4. The number of likely N-dealkylation sites (N-methyl/N-ethyl adjacent to an activating group) is 1. The third kappa shape index (κ3) is 3.88. The van der Waals surface area contributed by atoms with Crippen LogP contribution in [0.4, 0.5) is 0 Å². The van der Waals surface area contributed by atoms with Gasteiger partial charge in [-0.15, -0.1) is 11.3 Å². The van der Waals surface area contributed by atoms with E-state index < -0.39 is 0 Å². The number of aromatic nitrogens is 1. The second-order valence-corrected chi connectivity index (χ2v) is 7.42. The number of thioether (sulfide) groups is 1. The van der Waals surface area contributed by atoms with Crippen molar-refractivity contribution in [2.75, 3.05) is 39.0 Å². The third-order valence-corrected chi connectivity index (χ3v) is 5.73. The maximum Gasteiger partial charge on any atom is 0.233 e. The van der Waals surface area contributed by atoms with Gasteiger partial charge in [0.25, 0.3) is 0 Å². The Morgan fingerprint density at radius 3 is 2.68 bits per heavy atom. The van der Waals surface area contributed by atoms with E-state index in [9.17, 15) is 4.79 Å². The minimum Gasteiger partial charge on any atom is -0.339 e. The maximum atomic E-state index is 12.2. The van der Waals surface area contributed by atoms with Crippen LogP contribution in [0.3, 0.4) is 0 Å². The van der Waals surface area contributed by atoms with E-state index in [1.807, 2.05) is 23.1 Å². The Hall–Kier alpha value is -1.37. The summed E-state index contributed by atoms with van der Waals surface area (Å²) in [5.74, 6) is 0.695. The summed E-state index contributed by atoms with van der Waals surface area (Å²) in [4.78, 5) is 21.0. The molecule has 4 nitrogen and oxygen atoms in total. The summed E-state index contributed by atoms with van der Waals surface area (Å²) in [6.45, 7) is 3.60. The largest absolute Gasteiger partial charge is 0.339 e. The Morgan fingerprint density at radius 2 is 1.95 bits per heavy atom. The van der Waals surface area contributed by atoms with Crippen LogP contribution in [-0.4, -0.2) is 59.7 Å². The van der Waals surface area contributed by atoms with Crippen molar-refractivity contribution in [2.24, 2.45) is 0 Å². The number of nitrogens with zero attached hydrogens (tertiary/aromatic N) is 3. The van der Waals surface area contributed by atoms with Crippen molar-refractivity contribution in [3.05, 3.63) is 35.7 Å². The molecule has 3 rings (SSSR count). The van der Waals surface area contributed by atoms with Gasteiger partial charge in [0.1, 0.15) is 0 Å². The fourth-order valence-electron chi connectivity index (χ4n) is 2.34. The summed E-state index contributed by atoms with van der Waals surface area (Å²) >= 11 is 3.15. The van der Waals surface area contributed by atoms with E-state index in [1.165, 1.54) is 0 Å². The number of carbonyl (C=O) groups excluding carboxylic acids is 1. The summed E-state index contributed by atoms with van der Waals surface area (Å²) < 4.78 is 0.960. The van der Waals surface area contributed by atoms with Gasteiger partial charge in [-0.05, 0) is 7.05 Å². The molecule has 1 aliphatic rings. The summed E-state index contributed by atoms with van der Waals surface area (Å²) in [6, 6.07) is 10.1. The quantitative estimate of drug-likeness (QED) is 0.806. The molecule has 116 valence electrons. The molecular formula is C16H19N3OS2. The van der Waals surface area contributed by atoms with Gasteiger partial charge >= 0.3 is 0 Å². The number of piperazine rings is 1. The van der Waals surface area contributed by atoms with Gasteiger partial charge in [-0.3, -0.25) is 4.79 Å². The van der Waals surface area contributed by atoms with Crippen LogP contribution in [0.15, 0.2) is 40.1 Å². The average molecular weight is 333 g/mol. The molecule has 1 aromatic heterocycles. The summed E-state index contributed by atoms with van der Waals surface area (Å²) in [7, 11) is 2.09. The van der Waals surface area contributed by atoms with E-state index in [4.69, 9.17) is 0 Å². The molecular weight excluding hydrogens is 314 g/mol. The molecule has 0 N–H and O–H groups in total. The molecule has 1 aliphatic heterocycles. The van der Waals surface area contributed by atoms with Gasteiger partial charge in [0.2, 0.25) is 5.91 Å². The first-order chi connectivity index (χ1) is 10.7.